The first-order valence-corrected chi connectivity index (χ1v) is 5.72. The van der Waals surface area contributed by atoms with E-state index in [0.717, 1.165) is 10.4 Å². The van der Waals surface area contributed by atoms with Crippen LogP contribution in [-0.2, 0) is 12.0 Å². The third-order valence-corrected chi connectivity index (χ3v) is 3.18. The zero-order valence-corrected chi connectivity index (χ0v) is 9.37. The predicted molar refractivity (Wildman–Crippen MR) is 61.8 cm³/mol. The van der Waals surface area contributed by atoms with Crippen molar-refractivity contribution >= 4 is 11.3 Å². The average Bonchev–Trinajstić information content (AvgIpc) is 2.71. The smallest absolute Gasteiger partial charge is 0.0917 e. The van der Waals surface area contributed by atoms with Gasteiger partial charge in [0, 0.05) is 17.5 Å². The molecule has 0 amide bonds. The third-order valence-electron chi connectivity index (χ3n) is 2.40. The summed E-state index contributed by atoms with van der Waals surface area (Å²) in [7, 11) is 0. The van der Waals surface area contributed by atoms with Crippen LogP contribution < -0.4 is 0 Å². The second-order valence-corrected chi connectivity index (χ2v) is 4.76. The Balaban J connectivity index is 2.20. The van der Waals surface area contributed by atoms with Gasteiger partial charge in [-0.3, -0.25) is 4.98 Å². The Morgan fingerprint density at radius 3 is 2.67 bits per heavy atom. The molecule has 0 spiro atoms. The second-order valence-electron chi connectivity index (χ2n) is 3.78. The predicted octanol–water partition coefficient (Wildman–Crippen LogP) is 2.59. The highest BCUT2D eigenvalue weighted by atomic mass is 32.1. The number of nitrogens with zero attached hydrogens (tertiary/aromatic N) is 1. The van der Waals surface area contributed by atoms with Gasteiger partial charge in [0.2, 0.25) is 0 Å². The highest BCUT2D eigenvalue weighted by molar-refractivity contribution is 7.09. The molecule has 0 radical (unpaired) electrons. The molecule has 0 saturated heterocycles. The van der Waals surface area contributed by atoms with Gasteiger partial charge in [-0.15, -0.1) is 11.3 Å². The number of benzene rings is 1. The van der Waals surface area contributed by atoms with Gasteiger partial charge >= 0.3 is 0 Å². The molecule has 0 saturated carbocycles. The van der Waals surface area contributed by atoms with Crippen molar-refractivity contribution in [1.29, 1.82) is 0 Å². The SMILES string of the molecule is CC(O)(Cc1cncs1)c1ccccc1. The van der Waals surface area contributed by atoms with Crippen molar-refractivity contribution in [2.75, 3.05) is 0 Å². The van der Waals surface area contributed by atoms with Crippen molar-refractivity contribution in [2.24, 2.45) is 0 Å². The summed E-state index contributed by atoms with van der Waals surface area (Å²) in [4.78, 5) is 5.11. The van der Waals surface area contributed by atoms with E-state index in [2.05, 4.69) is 4.98 Å². The van der Waals surface area contributed by atoms with Gasteiger partial charge in [-0.2, -0.15) is 0 Å². The minimum Gasteiger partial charge on any atom is -0.385 e. The van der Waals surface area contributed by atoms with E-state index >= 15 is 0 Å². The quantitative estimate of drug-likeness (QED) is 0.860. The number of aliphatic hydroxyl groups is 1. The topological polar surface area (TPSA) is 33.1 Å². The summed E-state index contributed by atoms with van der Waals surface area (Å²) >= 11 is 1.57. The van der Waals surface area contributed by atoms with Crippen molar-refractivity contribution < 1.29 is 5.11 Å². The molecule has 0 fully saturated rings. The summed E-state index contributed by atoms with van der Waals surface area (Å²) in [6.07, 6.45) is 2.42. The third kappa shape index (κ3) is 2.43. The molecule has 78 valence electrons. The monoisotopic (exact) mass is 219 g/mol. The van der Waals surface area contributed by atoms with Crippen LogP contribution >= 0.6 is 11.3 Å². The van der Waals surface area contributed by atoms with Crippen LogP contribution in [0.3, 0.4) is 0 Å². The Morgan fingerprint density at radius 1 is 1.33 bits per heavy atom. The lowest BCUT2D eigenvalue weighted by molar-refractivity contribution is 0.0584. The lowest BCUT2D eigenvalue weighted by Crippen LogP contribution is -2.23. The van der Waals surface area contributed by atoms with Crippen molar-refractivity contribution in [2.45, 2.75) is 18.9 Å². The van der Waals surface area contributed by atoms with Gasteiger partial charge in [-0.05, 0) is 12.5 Å². The van der Waals surface area contributed by atoms with E-state index in [1.165, 1.54) is 0 Å². The van der Waals surface area contributed by atoms with E-state index in [1.807, 2.05) is 43.5 Å². The highest BCUT2D eigenvalue weighted by Gasteiger charge is 2.23. The van der Waals surface area contributed by atoms with Gasteiger partial charge in [0.15, 0.2) is 0 Å². The first-order chi connectivity index (χ1) is 7.18. The first kappa shape index (κ1) is 10.3. The largest absolute Gasteiger partial charge is 0.385 e. The molecule has 0 bridgehead atoms. The summed E-state index contributed by atoms with van der Waals surface area (Å²) < 4.78 is 0. The van der Waals surface area contributed by atoms with Gasteiger partial charge in [0.1, 0.15) is 0 Å². The Morgan fingerprint density at radius 2 is 2.07 bits per heavy atom. The van der Waals surface area contributed by atoms with Crippen molar-refractivity contribution in [3.63, 3.8) is 0 Å². The van der Waals surface area contributed by atoms with E-state index in [0.29, 0.717) is 6.42 Å². The number of aromatic nitrogens is 1. The Hall–Kier alpha value is -1.19. The number of rotatable bonds is 3. The summed E-state index contributed by atoms with van der Waals surface area (Å²) in [6.45, 7) is 1.84. The van der Waals surface area contributed by atoms with Gasteiger partial charge < -0.3 is 5.11 Å². The van der Waals surface area contributed by atoms with Crippen molar-refractivity contribution in [3.8, 4) is 0 Å². The summed E-state index contributed by atoms with van der Waals surface area (Å²) in [6, 6.07) is 9.72. The van der Waals surface area contributed by atoms with Crippen LogP contribution in [0.5, 0.6) is 0 Å². The van der Waals surface area contributed by atoms with Crippen LogP contribution in [0.1, 0.15) is 17.4 Å². The molecule has 3 heteroatoms. The standard InChI is InChI=1S/C12H13NOS/c1-12(14,7-11-8-13-9-15-11)10-5-3-2-4-6-10/h2-6,8-9,14H,7H2,1H3. The lowest BCUT2D eigenvalue weighted by atomic mass is 9.92. The molecule has 2 aromatic rings. The highest BCUT2D eigenvalue weighted by Crippen LogP contribution is 2.26. The van der Waals surface area contributed by atoms with Gasteiger partial charge in [0.05, 0.1) is 11.1 Å². The van der Waals surface area contributed by atoms with E-state index < -0.39 is 5.60 Å². The maximum atomic E-state index is 10.3. The molecule has 1 aromatic heterocycles. The Bertz CT molecular complexity index is 408. The molecule has 15 heavy (non-hydrogen) atoms. The van der Waals surface area contributed by atoms with Crippen LogP contribution in [0.4, 0.5) is 0 Å². The van der Waals surface area contributed by atoms with E-state index in [4.69, 9.17) is 0 Å². The number of thiazole rings is 1. The lowest BCUT2D eigenvalue weighted by Gasteiger charge is -2.22. The molecule has 1 N–H and O–H groups in total. The van der Waals surface area contributed by atoms with Gasteiger partial charge in [0.25, 0.3) is 0 Å². The van der Waals surface area contributed by atoms with E-state index in [1.54, 1.807) is 16.8 Å². The van der Waals surface area contributed by atoms with Gasteiger partial charge in [-0.25, -0.2) is 0 Å². The molecule has 0 aliphatic carbocycles. The fourth-order valence-corrected chi connectivity index (χ4v) is 2.31. The average molecular weight is 219 g/mol. The van der Waals surface area contributed by atoms with Crippen LogP contribution in [0.2, 0.25) is 0 Å². The normalized spacial score (nSPS) is 14.8. The molecule has 1 unspecified atom stereocenters. The molecular weight excluding hydrogens is 206 g/mol. The van der Waals surface area contributed by atoms with Crippen LogP contribution in [0.25, 0.3) is 0 Å². The van der Waals surface area contributed by atoms with Crippen molar-refractivity contribution in [3.05, 3.63) is 52.5 Å². The maximum Gasteiger partial charge on any atom is 0.0917 e. The van der Waals surface area contributed by atoms with E-state index in [-0.39, 0.29) is 0 Å². The van der Waals surface area contributed by atoms with Crippen LogP contribution in [-0.4, -0.2) is 10.1 Å². The fourth-order valence-electron chi connectivity index (χ4n) is 1.57. The zero-order chi connectivity index (χ0) is 10.7. The molecule has 1 aromatic carbocycles. The summed E-state index contributed by atoms with van der Waals surface area (Å²) in [5, 5.41) is 10.3. The number of hydrogen-bond acceptors (Lipinski definition) is 3. The molecule has 0 aliphatic heterocycles. The fraction of sp³-hybridized carbons (Fsp3) is 0.250. The molecule has 1 atom stereocenters. The number of hydrogen-bond donors (Lipinski definition) is 1. The molecule has 0 aliphatic rings. The van der Waals surface area contributed by atoms with Crippen LogP contribution in [0.15, 0.2) is 42.0 Å². The van der Waals surface area contributed by atoms with E-state index in [9.17, 15) is 5.11 Å². The molecule has 1 heterocycles. The minimum absolute atomic E-state index is 0.613. The van der Waals surface area contributed by atoms with Gasteiger partial charge in [-0.1, -0.05) is 30.3 Å². The maximum absolute atomic E-state index is 10.3. The second kappa shape index (κ2) is 4.13. The molecular formula is C12H13NOS. The summed E-state index contributed by atoms with van der Waals surface area (Å²) in [5.41, 5.74) is 1.92. The minimum atomic E-state index is -0.812. The van der Waals surface area contributed by atoms with Crippen molar-refractivity contribution in [1.82, 2.24) is 4.98 Å². The summed E-state index contributed by atoms with van der Waals surface area (Å²) in [5.74, 6) is 0. The Kier molecular flexibility index (Phi) is 2.84. The Labute approximate surface area is 93.2 Å². The molecule has 2 nitrogen and oxygen atoms in total. The first-order valence-electron chi connectivity index (χ1n) is 4.84. The molecule has 2 rings (SSSR count). The van der Waals surface area contributed by atoms with Crippen LogP contribution in [0, 0.1) is 0 Å². The zero-order valence-electron chi connectivity index (χ0n) is 8.55.